The highest BCUT2D eigenvalue weighted by Gasteiger charge is 2.25. The fourth-order valence-electron chi connectivity index (χ4n) is 1.72. The van der Waals surface area contributed by atoms with Gasteiger partial charge in [0.05, 0.1) is 4.90 Å². The number of hydrogen-bond acceptors (Lipinski definition) is 4. The van der Waals surface area contributed by atoms with Crippen molar-refractivity contribution in [2.45, 2.75) is 16.7 Å². The van der Waals surface area contributed by atoms with Gasteiger partial charge in [-0.05, 0) is 30.7 Å². The molecule has 2 aromatic carbocycles. The van der Waals surface area contributed by atoms with Gasteiger partial charge >= 0.3 is 0 Å². The summed E-state index contributed by atoms with van der Waals surface area (Å²) in [5.41, 5.74) is 0.383. The number of sulfone groups is 1. The zero-order valence-electron chi connectivity index (χ0n) is 9.66. The van der Waals surface area contributed by atoms with Crippen molar-refractivity contribution in [1.82, 2.24) is 0 Å². The van der Waals surface area contributed by atoms with Crippen LogP contribution in [0.1, 0.15) is 5.56 Å². The molecule has 0 atom stereocenters. The molecular weight excluding hydrogens is 252 g/mol. The van der Waals surface area contributed by atoms with E-state index in [1.54, 1.807) is 25.1 Å². The summed E-state index contributed by atoms with van der Waals surface area (Å²) < 4.78 is 24.7. The Morgan fingerprint density at radius 1 is 0.944 bits per heavy atom. The maximum absolute atomic E-state index is 12.4. The first-order valence-corrected chi connectivity index (χ1v) is 6.74. The molecule has 94 valence electrons. The second-order valence-corrected chi connectivity index (χ2v) is 5.78. The molecular formula is C13H12O4S. The molecule has 0 radical (unpaired) electrons. The van der Waals surface area contributed by atoms with Gasteiger partial charge in [-0.1, -0.05) is 24.3 Å². The third kappa shape index (κ3) is 1.93. The minimum atomic E-state index is -3.83. The van der Waals surface area contributed by atoms with Crippen LogP contribution in [0, 0.1) is 6.92 Å². The molecule has 18 heavy (non-hydrogen) atoms. The fourth-order valence-corrected chi connectivity index (χ4v) is 3.32. The third-order valence-corrected chi connectivity index (χ3v) is 4.57. The molecule has 0 unspecified atom stereocenters. The average Bonchev–Trinajstić information content (AvgIpc) is 2.35. The summed E-state index contributed by atoms with van der Waals surface area (Å²) in [6.45, 7) is 1.56. The minimum Gasteiger partial charge on any atom is -0.504 e. The molecule has 0 saturated heterocycles. The molecule has 0 aliphatic heterocycles. The third-order valence-electron chi connectivity index (χ3n) is 2.63. The highest BCUT2D eigenvalue weighted by atomic mass is 32.2. The zero-order chi connectivity index (χ0) is 13.3. The zero-order valence-corrected chi connectivity index (χ0v) is 10.5. The number of hydrogen-bond donors (Lipinski definition) is 2. The molecule has 0 aromatic heterocycles. The number of phenolic OH excluding ortho intramolecular Hbond substituents is 2. The van der Waals surface area contributed by atoms with Crippen LogP contribution >= 0.6 is 0 Å². The van der Waals surface area contributed by atoms with E-state index in [0.29, 0.717) is 5.56 Å². The molecule has 0 aliphatic rings. The number of aryl methyl sites for hydroxylation is 1. The summed E-state index contributed by atoms with van der Waals surface area (Å²) in [5, 5.41) is 19.2. The first-order chi connectivity index (χ1) is 8.44. The van der Waals surface area contributed by atoms with Crippen molar-refractivity contribution in [2.24, 2.45) is 0 Å². The first kappa shape index (κ1) is 12.4. The standard InChI is InChI=1S/C13H12O4S/c1-9-7-8-11(14)12(15)13(9)18(16,17)10-5-3-2-4-6-10/h2-8,14-15H,1H3. The van der Waals surface area contributed by atoms with Crippen molar-refractivity contribution in [1.29, 1.82) is 0 Å². The maximum Gasteiger partial charge on any atom is 0.210 e. The van der Waals surface area contributed by atoms with Crippen LogP contribution in [-0.2, 0) is 9.84 Å². The van der Waals surface area contributed by atoms with E-state index < -0.39 is 21.3 Å². The Labute approximate surface area is 105 Å². The fraction of sp³-hybridized carbons (Fsp3) is 0.0769. The Kier molecular flexibility index (Phi) is 3.00. The first-order valence-electron chi connectivity index (χ1n) is 5.26. The topological polar surface area (TPSA) is 74.6 Å². The van der Waals surface area contributed by atoms with E-state index in [1.807, 2.05) is 0 Å². The largest absolute Gasteiger partial charge is 0.504 e. The predicted molar refractivity (Wildman–Crippen MR) is 66.4 cm³/mol. The van der Waals surface area contributed by atoms with Gasteiger partial charge in [0, 0.05) is 0 Å². The summed E-state index contributed by atoms with van der Waals surface area (Å²) in [4.78, 5) is -0.178. The van der Waals surface area contributed by atoms with Gasteiger partial charge in [-0.25, -0.2) is 8.42 Å². The van der Waals surface area contributed by atoms with Gasteiger partial charge in [-0.15, -0.1) is 0 Å². The maximum atomic E-state index is 12.4. The molecule has 0 spiro atoms. The highest BCUT2D eigenvalue weighted by molar-refractivity contribution is 7.91. The van der Waals surface area contributed by atoms with Gasteiger partial charge in [0.2, 0.25) is 9.84 Å². The molecule has 2 aromatic rings. The number of aromatic hydroxyl groups is 2. The molecule has 0 bridgehead atoms. The van der Waals surface area contributed by atoms with Crippen molar-refractivity contribution in [2.75, 3.05) is 0 Å². The van der Waals surface area contributed by atoms with Gasteiger partial charge in [-0.3, -0.25) is 0 Å². The Morgan fingerprint density at radius 3 is 2.17 bits per heavy atom. The SMILES string of the molecule is Cc1ccc(O)c(O)c1S(=O)(=O)c1ccccc1. The normalized spacial score (nSPS) is 11.4. The van der Waals surface area contributed by atoms with Crippen LogP contribution in [0.5, 0.6) is 11.5 Å². The van der Waals surface area contributed by atoms with E-state index in [-0.39, 0.29) is 9.79 Å². The summed E-state index contributed by atoms with van der Waals surface area (Å²) in [6.07, 6.45) is 0. The number of phenols is 2. The van der Waals surface area contributed by atoms with E-state index in [1.165, 1.54) is 24.3 Å². The molecule has 2 rings (SSSR count). The van der Waals surface area contributed by atoms with Crippen LogP contribution in [0.3, 0.4) is 0 Å². The smallest absolute Gasteiger partial charge is 0.210 e. The van der Waals surface area contributed by atoms with Crippen molar-refractivity contribution < 1.29 is 18.6 Å². The van der Waals surface area contributed by atoms with Crippen LogP contribution in [0.25, 0.3) is 0 Å². The molecule has 0 saturated carbocycles. The van der Waals surface area contributed by atoms with Gasteiger partial charge in [0.1, 0.15) is 4.90 Å². The lowest BCUT2D eigenvalue weighted by molar-refractivity contribution is 0.392. The summed E-state index contributed by atoms with van der Waals surface area (Å²) in [7, 11) is -3.83. The van der Waals surface area contributed by atoms with Gasteiger partial charge in [0.25, 0.3) is 0 Å². The Morgan fingerprint density at radius 2 is 1.56 bits per heavy atom. The molecule has 0 heterocycles. The Hall–Kier alpha value is -2.01. The molecule has 5 heteroatoms. The summed E-state index contributed by atoms with van der Waals surface area (Å²) in [6, 6.07) is 10.5. The lowest BCUT2D eigenvalue weighted by Crippen LogP contribution is -2.04. The molecule has 2 N–H and O–H groups in total. The van der Waals surface area contributed by atoms with Crippen molar-refractivity contribution in [3.05, 3.63) is 48.0 Å². The van der Waals surface area contributed by atoms with E-state index in [4.69, 9.17) is 0 Å². The lowest BCUT2D eigenvalue weighted by Gasteiger charge is -2.10. The van der Waals surface area contributed by atoms with Gasteiger partial charge in [-0.2, -0.15) is 0 Å². The Balaban J connectivity index is 2.74. The van der Waals surface area contributed by atoms with E-state index >= 15 is 0 Å². The van der Waals surface area contributed by atoms with Gasteiger partial charge in [0.15, 0.2) is 11.5 Å². The number of benzene rings is 2. The van der Waals surface area contributed by atoms with E-state index in [9.17, 15) is 18.6 Å². The van der Waals surface area contributed by atoms with Crippen LogP contribution < -0.4 is 0 Å². The minimum absolute atomic E-state index is 0.0778. The predicted octanol–water partition coefficient (Wildman–Crippen LogP) is 2.24. The van der Waals surface area contributed by atoms with Crippen LogP contribution in [-0.4, -0.2) is 18.6 Å². The second-order valence-electron chi connectivity index (χ2n) is 3.90. The molecule has 4 nitrogen and oxygen atoms in total. The van der Waals surface area contributed by atoms with Crippen molar-refractivity contribution in [3.8, 4) is 11.5 Å². The molecule has 0 fully saturated rings. The van der Waals surface area contributed by atoms with Crippen molar-refractivity contribution >= 4 is 9.84 Å². The summed E-state index contributed by atoms with van der Waals surface area (Å²) >= 11 is 0. The highest BCUT2D eigenvalue weighted by Crippen LogP contribution is 2.37. The van der Waals surface area contributed by atoms with Gasteiger partial charge < -0.3 is 10.2 Å². The van der Waals surface area contributed by atoms with E-state index in [2.05, 4.69) is 0 Å². The monoisotopic (exact) mass is 264 g/mol. The lowest BCUT2D eigenvalue weighted by atomic mass is 10.2. The van der Waals surface area contributed by atoms with Crippen molar-refractivity contribution in [3.63, 3.8) is 0 Å². The average molecular weight is 264 g/mol. The quantitative estimate of drug-likeness (QED) is 0.816. The van der Waals surface area contributed by atoms with E-state index in [0.717, 1.165) is 0 Å². The molecule has 0 aliphatic carbocycles. The Bertz CT molecular complexity index is 676. The molecule has 0 amide bonds. The van der Waals surface area contributed by atoms with Crippen LogP contribution in [0.4, 0.5) is 0 Å². The number of rotatable bonds is 2. The van der Waals surface area contributed by atoms with Crippen LogP contribution in [0.2, 0.25) is 0 Å². The van der Waals surface area contributed by atoms with Crippen LogP contribution in [0.15, 0.2) is 52.3 Å². The summed E-state index contributed by atoms with van der Waals surface area (Å²) in [5.74, 6) is -1.06. The second kappa shape index (κ2) is 4.34.